The molecule has 0 aliphatic carbocycles. The average molecular weight is 179 g/mol. The summed E-state index contributed by atoms with van der Waals surface area (Å²) in [6, 6.07) is 5.98. The number of hydrogen-bond acceptors (Lipinski definition) is 5. The summed E-state index contributed by atoms with van der Waals surface area (Å²) in [6.45, 7) is 0. The van der Waals surface area contributed by atoms with E-state index in [0.717, 1.165) is 18.5 Å². The molecule has 0 amide bonds. The molecule has 1 aliphatic rings. The van der Waals surface area contributed by atoms with Crippen LogP contribution in [0.3, 0.4) is 0 Å². The molecule has 70 valence electrons. The highest BCUT2D eigenvalue weighted by Gasteiger charge is 2.11. The predicted octanol–water partition coefficient (Wildman–Crippen LogP) is -0.543. The lowest BCUT2D eigenvalue weighted by molar-refractivity contribution is 0.487. The van der Waals surface area contributed by atoms with E-state index < -0.39 is 0 Å². The molecule has 1 aromatic heterocycles. The Balaban J connectivity index is 1.79. The van der Waals surface area contributed by atoms with Gasteiger partial charge in [-0.2, -0.15) is 11.1 Å². The number of aryl methyl sites for hydroxylation is 1. The molecule has 0 radical (unpaired) electrons. The Bertz CT molecular complexity index is 244. The lowest BCUT2D eigenvalue weighted by Crippen LogP contribution is -2.34. The summed E-state index contributed by atoms with van der Waals surface area (Å²) in [6.07, 6.45) is 4.05. The minimum absolute atomic E-state index is 0.266. The van der Waals surface area contributed by atoms with Crippen LogP contribution >= 0.6 is 0 Å². The van der Waals surface area contributed by atoms with E-state index in [0.29, 0.717) is 0 Å². The molecular weight excluding hydrogens is 166 g/mol. The predicted molar refractivity (Wildman–Crippen MR) is 48.9 cm³/mol. The van der Waals surface area contributed by atoms with Gasteiger partial charge in [-0.1, -0.05) is 6.07 Å². The van der Waals surface area contributed by atoms with Crippen molar-refractivity contribution in [1.82, 2.24) is 26.9 Å². The van der Waals surface area contributed by atoms with Gasteiger partial charge < -0.3 is 0 Å². The summed E-state index contributed by atoms with van der Waals surface area (Å²) in [5.74, 6) is 0. The topological polar surface area (TPSA) is 61.0 Å². The maximum Gasteiger partial charge on any atom is 0.0862 e. The molecule has 0 unspecified atom stereocenters. The Morgan fingerprint density at radius 3 is 2.77 bits per heavy atom. The van der Waals surface area contributed by atoms with Crippen molar-refractivity contribution >= 4 is 0 Å². The van der Waals surface area contributed by atoms with Gasteiger partial charge in [0.2, 0.25) is 0 Å². The molecule has 5 nitrogen and oxygen atoms in total. The van der Waals surface area contributed by atoms with Crippen LogP contribution in [-0.4, -0.2) is 11.1 Å². The van der Waals surface area contributed by atoms with Crippen LogP contribution in [0.15, 0.2) is 24.4 Å². The molecule has 0 bridgehead atoms. The standard InChI is InChI=1S/C8H13N5/c1-2-6-9-7(3-1)4-5-8-10-12-13-11-8/h1-3,6,8,10-13H,4-5H2. The minimum atomic E-state index is 0.266. The molecule has 1 fully saturated rings. The zero-order valence-electron chi connectivity index (χ0n) is 7.25. The second-order valence-electron chi connectivity index (χ2n) is 2.95. The molecular formula is C8H13N5. The number of hydrogen-bond donors (Lipinski definition) is 4. The number of rotatable bonds is 3. The Morgan fingerprint density at radius 1 is 1.23 bits per heavy atom. The van der Waals surface area contributed by atoms with Gasteiger partial charge in [-0.05, 0) is 25.0 Å². The van der Waals surface area contributed by atoms with Crippen molar-refractivity contribution in [3.63, 3.8) is 0 Å². The molecule has 1 saturated heterocycles. The maximum absolute atomic E-state index is 4.24. The summed E-state index contributed by atoms with van der Waals surface area (Å²) in [4.78, 5) is 4.24. The van der Waals surface area contributed by atoms with Crippen molar-refractivity contribution in [2.45, 2.75) is 19.0 Å². The number of aromatic nitrogens is 1. The van der Waals surface area contributed by atoms with E-state index >= 15 is 0 Å². The second-order valence-corrected chi connectivity index (χ2v) is 2.95. The molecule has 1 aromatic rings. The summed E-state index contributed by atoms with van der Waals surface area (Å²) in [7, 11) is 0. The van der Waals surface area contributed by atoms with Gasteiger partial charge in [0.25, 0.3) is 0 Å². The maximum atomic E-state index is 4.24. The number of hydrazine groups is 3. The van der Waals surface area contributed by atoms with Crippen LogP contribution in [0.4, 0.5) is 0 Å². The van der Waals surface area contributed by atoms with Gasteiger partial charge in [0.1, 0.15) is 0 Å². The van der Waals surface area contributed by atoms with E-state index in [9.17, 15) is 0 Å². The fourth-order valence-electron chi connectivity index (χ4n) is 1.27. The highest BCUT2D eigenvalue weighted by atomic mass is 15.8. The Kier molecular flexibility index (Phi) is 2.83. The third-order valence-electron chi connectivity index (χ3n) is 1.97. The first-order valence-corrected chi connectivity index (χ1v) is 4.36. The summed E-state index contributed by atoms with van der Waals surface area (Å²) in [5, 5.41) is 0. The molecule has 0 aromatic carbocycles. The summed E-state index contributed by atoms with van der Waals surface area (Å²) >= 11 is 0. The van der Waals surface area contributed by atoms with Crippen LogP contribution in [0.5, 0.6) is 0 Å². The highest BCUT2D eigenvalue weighted by Crippen LogP contribution is 2.00. The second kappa shape index (κ2) is 4.29. The first-order chi connectivity index (χ1) is 6.45. The largest absolute Gasteiger partial charge is 0.261 e. The van der Waals surface area contributed by atoms with Gasteiger partial charge in [-0.25, -0.2) is 10.9 Å². The van der Waals surface area contributed by atoms with Crippen molar-refractivity contribution in [2.24, 2.45) is 0 Å². The monoisotopic (exact) mass is 179 g/mol. The van der Waals surface area contributed by atoms with Crippen LogP contribution in [0, 0.1) is 0 Å². The number of nitrogens with zero attached hydrogens (tertiary/aromatic N) is 1. The van der Waals surface area contributed by atoms with Gasteiger partial charge in [0.05, 0.1) is 6.17 Å². The van der Waals surface area contributed by atoms with Crippen molar-refractivity contribution in [3.05, 3.63) is 30.1 Å². The molecule has 0 spiro atoms. The van der Waals surface area contributed by atoms with Crippen molar-refractivity contribution < 1.29 is 0 Å². The Hall–Kier alpha value is -1.01. The van der Waals surface area contributed by atoms with Crippen LogP contribution in [0.1, 0.15) is 12.1 Å². The van der Waals surface area contributed by atoms with E-state index in [2.05, 4.69) is 26.9 Å². The fraction of sp³-hybridized carbons (Fsp3) is 0.375. The Morgan fingerprint density at radius 2 is 2.08 bits per heavy atom. The lowest BCUT2D eigenvalue weighted by atomic mass is 10.2. The van der Waals surface area contributed by atoms with Crippen LogP contribution in [0.25, 0.3) is 0 Å². The molecule has 0 atom stereocenters. The first-order valence-electron chi connectivity index (χ1n) is 4.36. The SMILES string of the molecule is c1ccc(CCC2NNNN2)nc1. The smallest absolute Gasteiger partial charge is 0.0862 e. The molecule has 5 heteroatoms. The van der Waals surface area contributed by atoms with E-state index in [1.807, 2.05) is 24.4 Å². The number of nitrogens with one attached hydrogen (secondary N) is 4. The molecule has 1 aliphatic heterocycles. The molecule has 2 rings (SSSR count). The van der Waals surface area contributed by atoms with Crippen molar-refractivity contribution in [2.75, 3.05) is 0 Å². The normalized spacial score (nSPS) is 17.8. The Labute approximate surface area is 76.8 Å². The van der Waals surface area contributed by atoms with E-state index in [4.69, 9.17) is 0 Å². The third kappa shape index (κ3) is 2.46. The fourth-order valence-corrected chi connectivity index (χ4v) is 1.27. The van der Waals surface area contributed by atoms with Gasteiger partial charge >= 0.3 is 0 Å². The van der Waals surface area contributed by atoms with Gasteiger partial charge in [0, 0.05) is 11.9 Å². The van der Waals surface area contributed by atoms with Gasteiger partial charge in [0.15, 0.2) is 0 Å². The molecule has 4 N–H and O–H groups in total. The van der Waals surface area contributed by atoms with Gasteiger partial charge in [-0.3, -0.25) is 4.98 Å². The zero-order valence-corrected chi connectivity index (χ0v) is 7.25. The molecule has 13 heavy (non-hydrogen) atoms. The van der Waals surface area contributed by atoms with Crippen LogP contribution in [-0.2, 0) is 6.42 Å². The quantitative estimate of drug-likeness (QED) is 0.502. The molecule has 2 heterocycles. The van der Waals surface area contributed by atoms with Gasteiger partial charge in [-0.15, -0.1) is 0 Å². The highest BCUT2D eigenvalue weighted by molar-refractivity contribution is 5.03. The summed E-state index contributed by atoms with van der Waals surface area (Å²) < 4.78 is 0. The first kappa shape index (κ1) is 8.58. The van der Waals surface area contributed by atoms with E-state index in [1.165, 1.54) is 0 Å². The number of pyridine rings is 1. The van der Waals surface area contributed by atoms with E-state index in [1.54, 1.807) is 0 Å². The van der Waals surface area contributed by atoms with Crippen LogP contribution in [0.2, 0.25) is 0 Å². The lowest BCUT2D eigenvalue weighted by Gasteiger charge is -2.07. The third-order valence-corrected chi connectivity index (χ3v) is 1.97. The molecule has 0 saturated carbocycles. The van der Waals surface area contributed by atoms with Crippen LogP contribution < -0.4 is 21.9 Å². The van der Waals surface area contributed by atoms with Crippen molar-refractivity contribution in [3.8, 4) is 0 Å². The average Bonchev–Trinajstić information content (AvgIpc) is 2.69. The van der Waals surface area contributed by atoms with Crippen molar-refractivity contribution in [1.29, 1.82) is 0 Å². The zero-order chi connectivity index (χ0) is 8.93. The minimum Gasteiger partial charge on any atom is -0.261 e. The summed E-state index contributed by atoms with van der Waals surface area (Å²) in [5.41, 5.74) is 12.7. The van der Waals surface area contributed by atoms with E-state index in [-0.39, 0.29) is 6.17 Å².